The molecule has 2 aromatic heterocycles. The van der Waals surface area contributed by atoms with Crippen LogP contribution in [0.1, 0.15) is 17.8 Å². The minimum Gasteiger partial charge on any atom is -0.282 e. The van der Waals surface area contributed by atoms with Gasteiger partial charge in [-0.2, -0.15) is 5.10 Å². The average Bonchev–Trinajstić information content (AvgIpc) is 3.02. The van der Waals surface area contributed by atoms with Crippen molar-refractivity contribution in [2.24, 2.45) is 0 Å². The lowest BCUT2D eigenvalue weighted by Crippen LogP contribution is -1.84. The van der Waals surface area contributed by atoms with Gasteiger partial charge in [-0.05, 0) is 36.3 Å². The zero-order valence-electron chi connectivity index (χ0n) is 11.9. The molecule has 0 saturated carbocycles. The van der Waals surface area contributed by atoms with Crippen LogP contribution in [-0.4, -0.2) is 15.2 Å². The van der Waals surface area contributed by atoms with E-state index >= 15 is 0 Å². The quantitative estimate of drug-likeness (QED) is 0.740. The molecule has 0 unspecified atom stereocenters. The molecule has 0 spiro atoms. The number of H-pyrrole nitrogens is 1. The maximum atomic E-state index is 6.00. The third-order valence-electron chi connectivity index (χ3n) is 3.15. The first-order valence-electron chi connectivity index (χ1n) is 7.01. The molecule has 3 aromatic rings. The molecule has 0 bridgehead atoms. The topological polar surface area (TPSA) is 41.6 Å². The van der Waals surface area contributed by atoms with Gasteiger partial charge in [0.2, 0.25) is 0 Å². The van der Waals surface area contributed by atoms with E-state index in [1.807, 2.05) is 48.5 Å². The van der Waals surface area contributed by atoms with Crippen molar-refractivity contribution in [3.8, 4) is 23.1 Å². The lowest BCUT2D eigenvalue weighted by Gasteiger charge is -1.95. The van der Waals surface area contributed by atoms with Crippen molar-refractivity contribution >= 4 is 11.6 Å². The van der Waals surface area contributed by atoms with Gasteiger partial charge < -0.3 is 0 Å². The number of halogens is 1. The van der Waals surface area contributed by atoms with Gasteiger partial charge in [0, 0.05) is 35.3 Å². The van der Waals surface area contributed by atoms with Crippen molar-refractivity contribution in [3.63, 3.8) is 0 Å². The zero-order valence-corrected chi connectivity index (χ0v) is 12.6. The summed E-state index contributed by atoms with van der Waals surface area (Å²) >= 11 is 6.00. The third-order valence-corrected chi connectivity index (χ3v) is 3.39. The van der Waals surface area contributed by atoms with Gasteiger partial charge in [-0.3, -0.25) is 5.10 Å². The maximum Gasteiger partial charge on any atom is 0.113 e. The molecule has 0 amide bonds. The van der Waals surface area contributed by atoms with E-state index < -0.39 is 0 Å². The molecule has 1 N–H and O–H groups in total. The molecule has 0 fully saturated rings. The summed E-state index contributed by atoms with van der Waals surface area (Å²) in [6.45, 7) is 0. The van der Waals surface area contributed by atoms with E-state index in [1.54, 1.807) is 6.20 Å². The Morgan fingerprint density at radius 1 is 1.09 bits per heavy atom. The highest BCUT2D eigenvalue weighted by Gasteiger charge is 2.03. The van der Waals surface area contributed by atoms with Crippen molar-refractivity contribution in [3.05, 3.63) is 71.1 Å². The number of nitrogens with zero attached hydrogens (tertiary/aromatic N) is 2. The molecule has 0 saturated heterocycles. The summed E-state index contributed by atoms with van der Waals surface area (Å²) in [6, 6.07) is 15.4. The summed E-state index contributed by atoms with van der Waals surface area (Å²) in [6.07, 6.45) is 3.33. The lowest BCUT2D eigenvalue weighted by molar-refractivity contribution is 0.929. The van der Waals surface area contributed by atoms with Crippen LogP contribution in [0.4, 0.5) is 0 Å². The van der Waals surface area contributed by atoms with Crippen LogP contribution in [0, 0.1) is 11.8 Å². The molecule has 1 aromatic carbocycles. The van der Waals surface area contributed by atoms with Gasteiger partial charge in [-0.15, -0.1) is 0 Å². The Bertz CT molecular complexity index is 813. The number of aromatic nitrogens is 3. The van der Waals surface area contributed by atoms with Crippen LogP contribution >= 0.6 is 11.6 Å². The zero-order chi connectivity index (χ0) is 15.2. The highest BCUT2D eigenvalue weighted by molar-refractivity contribution is 6.30. The van der Waals surface area contributed by atoms with Crippen molar-refractivity contribution in [1.29, 1.82) is 0 Å². The number of hydrogen-bond acceptors (Lipinski definition) is 2. The van der Waals surface area contributed by atoms with Gasteiger partial charge in [0.05, 0.1) is 5.69 Å². The number of aryl methyl sites for hydroxylation is 1. The number of hydrogen-bond donors (Lipinski definition) is 1. The molecule has 0 aliphatic heterocycles. The molecule has 0 radical (unpaired) electrons. The van der Waals surface area contributed by atoms with Gasteiger partial charge in [0.15, 0.2) is 0 Å². The van der Waals surface area contributed by atoms with Crippen LogP contribution < -0.4 is 0 Å². The van der Waals surface area contributed by atoms with Gasteiger partial charge in [-0.1, -0.05) is 35.7 Å². The van der Waals surface area contributed by atoms with Gasteiger partial charge in [0.25, 0.3) is 0 Å². The van der Waals surface area contributed by atoms with E-state index in [0.717, 1.165) is 35.5 Å². The Balaban J connectivity index is 1.62. The number of benzene rings is 1. The summed E-state index contributed by atoms with van der Waals surface area (Å²) < 4.78 is 0. The van der Waals surface area contributed by atoms with Crippen molar-refractivity contribution in [2.45, 2.75) is 12.8 Å². The van der Waals surface area contributed by atoms with Crippen molar-refractivity contribution in [1.82, 2.24) is 15.2 Å². The van der Waals surface area contributed by atoms with E-state index in [-0.39, 0.29) is 0 Å². The first-order valence-corrected chi connectivity index (χ1v) is 7.39. The molecule has 4 heteroatoms. The third kappa shape index (κ3) is 3.75. The van der Waals surface area contributed by atoms with Crippen molar-refractivity contribution in [2.75, 3.05) is 0 Å². The minimum atomic E-state index is 0.711. The highest BCUT2D eigenvalue weighted by Crippen LogP contribution is 2.21. The van der Waals surface area contributed by atoms with Crippen molar-refractivity contribution < 1.29 is 0 Å². The standard InChI is InChI=1S/C18H14ClN3/c19-15-7-5-6-14(12-15)18-13-17(21-22-18)10-2-1-8-16-9-3-4-11-20-16/h3-7,9,11-13H,2,10H2,(H,21,22). The monoisotopic (exact) mass is 307 g/mol. The Kier molecular flexibility index (Phi) is 4.53. The van der Waals surface area contributed by atoms with E-state index in [4.69, 9.17) is 11.6 Å². The minimum absolute atomic E-state index is 0.711. The average molecular weight is 308 g/mol. The highest BCUT2D eigenvalue weighted by atomic mass is 35.5. The smallest absolute Gasteiger partial charge is 0.113 e. The second-order valence-electron chi connectivity index (χ2n) is 4.81. The van der Waals surface area contributed by atoms with E-state index in [9.17, 15) is 0 Å². The van der Waals surface area contributed by atoms with Crippen LogP contribution in [0.25, 0.3) is 11.3 Å². The fourth-order valence-corrected chi connectivity index (χ4v) is 2.26. The molecule has 22 heavy (non-hydrogen) atoms. The molecule has 0 aliphatic rings. The summed E-state index contributed by atoms with van der Waals surface area (Å²) in [7, 11) is 0. The predicted molar refractivity (Wildman–Crippen MR) is 88.5 cm³/mol. The van der Waals surface area contributed by atoms with Crippen LogP contribution in [0.5, 0.6) is 0 Å². The molecule has 3 nitrogen and oxygen atoms in total. The number of rotatable bonds is 3. The summed E-state index contributed by atoms with van der Waals surface area (Å²) in [5, 5.41) is 8.08. The summed E-state index contributed by atoms with van der Waals surface area (Å²) in [5.74, 6) is 6.17. The fraction of sp³-hybridized carbons (Fsp3) is 0.111. The molecule has 0 atom stereocenters. The van der Waals surface area contributed by atoms with Gasteiger partial charge >= 0.3 is 0 Å². The van der Waals surface area contributed by atoms with Crippen LogP contribution in [-0.2, 0) is 6.42 Å². The van der Waals surface area contributed by atoms with E-state index in [1.165, 1.54) is 0 Å². The Morgan fingerprint density at radius 3 is 2.86 bits per heavy atom. The molecule has 108 valence electrons. The van der Waals surface area contributed by atoms with Crippen LogP contribution in [0.15, 0.2) is 54.7 Å². The SMILES string of the molecule is Clc1cccc(-c2cc(CCC#Cc3ccccn3)[nH]n2)c1. The molecular weight excluding hydrogens is 294 g/mol. The predicted octanol–water partition coefficient (Wildman–Crippen LogP) is 4.11. The second-order valence-corrected chi connectivity index (χ2v) is 5.24. The lowest BCUT2D eigenvalue weighted by atomic mass is 10.1. The number of nitrogens with one attached hydrogen (secondary N) is 1. The molecule has 0 aliphatic carbocycles. The first kappa shape index (κ1) is 14.4. The molecule has 2 heterocycles. The summed E-state index contributed by atoms with van der Waals surface area (Å²) in [4.78, 5) is 4.17. The van der Waals surface area contributed by atoms with E-state index in [2.05, 4.69) is 27.0 Å². The largest absolute Gasteiger partial charge is 0.282 e. The van der Waals surface area contributed by atoms with Gasteiger partial charge in [0.1, 0.15) is 5.69 Å². The van der Waals surface area contributed by atoms with Gasteiger partial charge in [-0.25, -0.2) is 4.98 Å². The Morgan fingerprint density at radius 2 is 2.05 bits per heavy atom. The Labute approximate surface area is 134 Å². The summed E-state index contributed by atoms with van der Waals surface area (Å²) in [5.41, 5.74) is 3.77. The molecular formula is C18H14ClN3. The normalized spacial score (nSPS) is 10.0. The maximum absolute atomic E-state index is 6.00. The second kappa shape index (κ2) is 6.93. The molecule has 3 rings (SSSR count). The fourth-order valence-electron chi connectivity index (χ4n) is 2.07. The Hall–Kier alpha value is -2.57. The number of aromatic amines is 1. The van der Waals surface area contributed by atoms with E-state index in [0.29, 0.717) is 5.02 Å². The van der Waals surface area contributed by atoms with Crippen LogP contribution in [0.3, 0.4) is 0 Å². The first-order chi connectivity index (χ1) is 10.8. The van der Waals surface area contributed by atoms with Crippen LogP contribution in [0.2, 0.25) is 5.02 Å². The number of pyridine rings is 1.